The summed E-state index contributed by atoms with van der Waals surface area (Å²) in [5.41, 5.74) is 4.50. The largest absolute Gasteiger partial charge is 0.481 e. The smallest absolute Gasteiger partial charge is 0.407 e. The molecule has 0 bridgehead atoms. The zero-order valence-electron chi connectivity index (χ0n) is 20.0. The van der Waals surface area contributed by atoms with Crippen molar-refractivity contribution in [1.82, 2.24) is 15.1 Å². The number of amides is 2. The van der Waals surface area contributed by atoms with E-state index in [1.165, 1.54) is 0 Å². The zero-order valence-corrected chi connectivity index (χ0v) is 20.0. The van der Waals surface area contributed by atoms with Gasteiger partial charge in [0.05, 0.1) is 19.1 Å². The molecule has 35 heavy (non-hydrogen) atoms. The Labute approximate surface area is 204 Å². The van der Waals surface area contributed by atoms with Crippen LogP contribution in [0, 0.1) is 0 Å². The molecule has 1 aliphatic carbocycles. The van der Waals surface area contributed by atoms with E-state index in [4.69, 9.17) is 14.6 Å². The van der Waals surface area contributed by atoms with E-state index in [0.29, 0.717) is 6.54 Å². The van der Waals surface area contributed by atoms with E-state index in [9.17, 15) is 14.4 Å². The van der Waals surface area contributed by atoms with Crippen LogP contribution >= 0.6 is 0 Å². The molecule has 9 nitrogen and oxygen atoms in total. The lowest BCUT2D eigenvalue weighted by atomic mass is 9.98. The van der Waals surface area contributed by atoms with Crippen molar-refractivity contribution in [1.29, 1.82) is 0 Å². The topological polar surface area (TPSA) is 108 Å². The van der Waals surface area contributed by atoms with Gasteiger partial charge in [-0.1, -0.05) is 48.5 Å². The van der Waals surface area contributed by atoms with Crippen molar-refractivity contribution in [2.75, 3.05) is 46.9 Å². The van der Waals surface area contributed by atoms with E-state index >= 15 is 0 Å². The van der Waals surface area contributed by atoms with Crippen LogP contribution < -0.4 is 5.32 Å². The monoisotopic (exact) mass is 481 g/mol. The highest BCUT2D eigenvalue weighted by Crippen LogP contribution is 2.44. The fourth-order valence-corrected chi connectivity index (χ4v) is 4.79. The number of ether oxygens (including phenoxy) is 2. The number of hydrogen-bond donors (Lipinski definition) is 2. The number of rotatable bonds is 8. The van der Waals surface area contributed by atoms with Crippen molar-refractivity contribution < 1.29 is 29.0 Å². The maximum atomic E-state index is 13.2. The first-order valence-corrected chi connectivity index (χ1v) is 11.7. The number of morpholine rings is 1. The normalized spacial score (nSPS) is 18.0. The minimum atomic E-state index is -0.981. The molecule has 186 valence electrons. The molecule has 0 spiro atoms. The molecular weight excluding hydrogens is 450 g/mol. The summed E-state index contributed by atoms with van der Waals surface area (Å²) in [6, 6.07) is 15.3. The number of carbonyl (C=O) groups is 3. The molecule has 1 aliphatic heterocycles. The van der Waals surface area contributed by atoms with Gasteiger partial charge < -0.3 is 29.7 Å². The molecule has 0 aromatic heterocycles. The van der Waals surface area contributed by atoms with Gasteiger partial charge in [0.15, 0.2) is 0 Å². The number of alkyl carbamates (subject to hydrolysis) is 1. The summed E-state index contributed by atoms with van der Waals surface area (Å²) >= 11 is 0. The molecule has 1 heterocycles. The number of benzene rings is 2. The highest BCUT2D eigenvalue weighted by Gasteiger charge is 2.33. The number of carbonyl (C=O) groups excluding carboxylic acids is 2. The van der Waals surface area contributed by atoms with Gasteiger partial charge in [-0.3, -0.25) is 9.59 Å². The first-order chi connectivity index (χ1) is 16.8. The summed E-state index contributed by atoms with van der Waals surface area (Å²) in [6.45, 7) is 1.20. The van der Waals surface area contributed by atoms with Crippen LogP contribution in [0.5, 0.6) is 0 Å². The van der Waals surface area contributed by atoms with Crippen LogP contribution in [0.3, 0.4) is 0 Å². The van der Waals surface area contributed by atoms with E-state index < -0.39 is 24.2 Å². The third kappa shape index (κ3) is 5.80. The van der Waals surface area contributed by atoms with Crippen molar-refractivity contribution in [3.05, 3.63) is 59.7 Å². The number of aliphatic carboxylic acids is 1. The Morgan fingerprint density at radius 1 is 1.11 bits per heavy atom. The number of nitrogens with one attached hydrogen (secondary N) is 1. The van der Waals surface area contributed by atoms with Gasteiger partial charge in [0.2, 0.25) is 5.91 Å². The minimum Gasteiger partial charge on any atom is -0.481 e. The van der Waals surface area contributed by atoms with Crippen molar-refractivity contribution >= 4 is 18.0 Å². The van der Waals surface area contributed by atoms with Gasteiger partial charge in [0.1, 0.15) is 12.6 Å². The third-order valence-corrected chi connectivity index (χ3v) is 6.33. The van der Waals surface area contributed by atoms with Crippen molar-refractivity contribution in [3.63, 3.8) is 0 Å². The van der Waals surface area contributed by atoms with E-state index in [1.807, 2.05) is 55.4 Å². The standard InChI is InChI=1S/C26H31N3O6/c1-28(2)15-23(25(32)29-11-12-34-17(14-29)13-24(30)31)27-26(33)35-16-22-20-9-5-3-7-18(20)19-8-4-6-10-21(19)22/h3-10,17,22-23H,11-16H2,1-2H3,(H,27,33)(H,30,31). The van der Waals surface area contributed by atoms with Crippen molar-refractivity contribution in [2.24, 2.45) is 0 Å². The Kier molecular flexibility index (Phi) is 7.67. The zero-order chi connectivity index (χ0) is 24.9. The Hall–Kier alpha value is -3.43. The Balaban J connectivity index is 1.40. The average Bonchev–Trinajstić information content (AvgIpc) is 3.15. The third-order valence-electron chi connectivity index (χ3n) is 6.33. The van der Waals surface area contributed by atoms with Crippen LogP contribution in [0.2, 0.25) is 0 Å². The van der Waals surface area contributed by atoms with E-state index in [1.54, 1.807) is 4.90 Å². The SMILES string of the molecule is CN(C)CC(NC(=O)OCC1c2ccccc2-c2ccccc21)C(=O)N1CCOC(CC(=O)O)C1. The molecule has 2 aliphatic rings. The summed E-state index contributed by atoms with van der Waals surface area (Å²) < 4.78 is 11.1. The Bertz CT molecular complexity index is 1040. The first-order valence-electron chi connectivity index (χ1n) is 11.7. The van der Waals surface area contributed by atoms with Gasteiger partial charge in [-0.25, -0.2) is 4.79 Å². The van der Waals surface area contributed by atoms with Gasteiger partial charge in [-0.2, -0.15) is 0 Å². The average molecular weight is 482 g/mol. The summed E-state index contributed by atoms with van der Waals surface area (Å²) in [5, 5.41) is 11.8. The summed E-state index contributed by atoms with van der Waals surface area (Å²) in [5.74, 6) is -1.34. The second kappa shape index (κ2) is 10.9. The van der Waals surface area contributed by atoms with Gasteiger partial charge >= 0.3 is 12.1 Å². The molecule has 0 saturated carbocycles. The van der Waals surface area contributed by atoms with E-state index in [-0.39, 0.29) is 44.5 Å². The minimum absolute atomic E-state index is 0.0767. The fourth-order valence-electron chi connectivity index (χ4n) is 4.79. The van der Waals surface area contributed by atoms with Gasteiger partial charge in [0.25, 0.3) is 0 Å². The van der Waals surface area contributed by atoms with Crippen molar-refractivity contribution in [2.45, 2.75) is 24.5 Å². The van der Waals surface area contributed by atoms with Gasteiger partial charge in [-0.15, -0.1) is 0 Å². The van der Waals surface area contributed by atoms with Crippen LogP contribution in [0.1, 0.15) is 23.5 Å². The number of carboxylic acids is 1. The van der Waals surface area contributed by atoms with Crippen LogP contribution in [-0.2, 0) is 19.1 Å². The number of carboxylic acid groups (broad SMARTS) is 1. The number of hydrogen-bond acceptors (Lipinski definition) is 6. The Morgan fingerprint density at radius 3 is 2.34 bits per heavy atom. The number of likely N-dealkylation sites (N-methyl/N-ethyl adjacent to an activating group) is 1. The second-order valence-electron chi connectivity index (χ2n) is 9.16. The molecule has 2 atom stereocenters. The molecule has 4 rings (SSSR count). The predicted octanol–water partition coefficient (Wildman–Crippen LogP) is 2.16. The van der Waals surface area contributed by atoms with E-state index in [2.05, 4.69) is 17.4 Å². The predicted molar refractivity (Wildman–Crippen MR) is 129 cm³/mol. The highest BCUT2D eigenvalue weighted by molar-refractivity contribution is 5.86. The summed E-state index contributed by atoms with van der Waals surface area (Å²) in [7, 11) is 3.62. The molecule has 2 aromatic carbocycles. The van der Waals surface area contributed by atoms with Crippen LogP contribution in [0.15, 0.2) is 48.5 Å². The Morgan fingerprint density at radius 2 is 1.74 bits per heavy atom. The van der Waals surface area contributed by atoms with Gasteiger partial charge in [-0.05, 0) is 36.3 Å². The second-order valence-corrected chi connectivity index (χ2v) is 9.16. The molecule has 2 N–H and O–H groups in total. The fraction of sp³-hybridized carbons (Fsp3) is 0.423. The molecule has 2 unspecified atom stereocenters. The highest BCUT2D eigenvalue weighted by atomic mass is 16.5. The molecule has 2 amide bonds. The number of fused-ring (bicyclic) bond motifs is 3. The molecule has 1 fully saturated rings. The summed E-state index contributed by atoms with van der Waals surface area (Å²) in [6.07, 6.45) is -1.41. The molecule has 1 saturated heterocycles. The number of nitrogens with zero attached hydrogens (tertiary/aromatic N) is 2. The lowest BCUT2D eigenvalue weighted by molar-refractivity contribution is -0.148. The first kappa shape index (κ1) is 24.7. The molecule has 0 radical (unpaired) electrons. The van der Waals surface area contributed by atoms with Crippen molar-refractivity contribution in [3.8, 4) is 11.1 Å². The lowest BCUT2D eigenvalue weighted by Gasteiger charge is -2.35. The van der Waals surface area contributed by atoms with Crippen LogP contribution in [-0.4, -0.2) is 92.0 Å². The maximum absolute atomic E-state index is 13.2. The lowest BCUT2D eigenvalue weighted by Crippen LogP contribution is -2.56. The molecule has 2 aromatic rings. The van der Waals surface area contributed by atoms with Crippen LogP contribution in [0.25, 0.3) is 11.1 Å². The van der Waals surface area contributed by atoms with Crippen LogP contribution in [0.4, 0.5) is 4.79 Å². The van der Waals surface area contributed by atoms with Gasteiger partial charge in [0, 0.05) is 25.6 Å². The maximum Gasteiger partial charge on any atom is 0.407 e. The molecule has 9 heteroatoms. The van der Waals surface area contributed by atoms with E-state index in [0.717, 1.165) is 22.3 Å². The molecular formula is C26H31N3O6. The summed E-state index contributed by atoms with van der Waals surface area (Å²) in [4.78, 5) is 40.4. The quantitative estimate of drug-likeness (QED) is 0.595.